The number of anilines is 2. The molecule has 5 nitrogen and oxygen atoms in total. The van der Waals surface area contributed by atoms with Crippen molar-refractivity contribution >= 4 is 17.4 Å². The number of rotatable bonds is 8. The lowest BCUT2D eigenvalue weighted by molar-refractivity contribution is 0.0938. The Labute approximate surface area is 192 Å². The van der Waals surface area contributed by atoms with Gasteiger partial charge in [0.25, 0.3) is 5.91 Å². The third kappa shape index (κ3) is 6.23. The zero-order chi connectivity index (χ0) is 23.0. The van der Waals surface area contributed by atoms with Crippen molar-refractivity contribution in [3.8, 4) is 11.4 Å². The van der Waals surface area contributed by atoms with Crippen LogP contribution < -0.4 is 10.6 Å². The SMILES string of the molecule is C[C@@H](CCc1ccccc1)NC(=O)c1cccc(Nc2ccnc(-c3ccc(F)cc3)n2)c1. The predicted octanol–water partition coefficient (Wildman–Crippen LogP) is 5.78. The molecule has 0 spiro atoms. The van der Waals surface area contributed by atoms with Crippen molar-refractivity contribution in [2.45, 2.75) is 25.8 Å². The largest absolute Gasteiger partial charge is 0.350 e. The third-order valence-corrected chi connectivity index (χ3v) is 5.24. The molecule has 0 unspecified atom stereocenters. The Morgan fingerprint density at radius 1 is 0.970 bits per heavy atom. The Balaban J connectivity index is 1.39. The zero-order valence-corrected chi connectivity index (χ0v) is 18.3. The number of nitrogens with zero attached hydrogens (tertiary/aromatic N) is 2. The summed E-state index contributed by atoms with van der Waals surface area (Å²) >= 11 is 0. The Kier molecular flexibility index (Phi) is 7.05. The summed E-state index contributed by atoms with van der Waals surface area (Å²) < 4.78 is 13.2. The van der Waals surface area contributed by atoms with Crippen molar-refractivity contribution in [3.05, 3.63) is 108 Å². The molecule has 0 bridgehead atoms. The highest BCUT2D eigenvalue weighted by Gasteiger charge is 2.11. The van der Waals surface area contributed by atoms with Crippen LogP contribution in [0.5, 0.6) is 0 Å². The van der Waals surface area contributed by atoms with E-state index in [4.69, 9.17) is 0 Å². The first-order valence-corrected chi connectivity index (χ1v) is 10.9. The first-order chi connectivity index (χ1) is 16.1. The quantitative estimate of drug-likeness (QED) is 0.365. The molecule has 0 radical (unpaired) electrons. The molecule has 0 aliphatic heterocycles. The molecule has 2 N–H and O–H groups in total. The van der Waals surface area contributed by atoms with Gasteiger partial charge in [-0.1, -0.05) is 36.4 Å². The molecule has 6 heteroatoms. The molecule has 1 atom stereocenters. The van der Waals surface area contributed by atoms with Gasteiger partial charge in [-0.15, -0.1) is 0 Å². The van der Waals surface area contributed by atoms with Crippen LogP contribution in [0, 0.1) is 5.82 Å². The number of aromatic nitrogens is 2. The standard InChI is InChI=1S/C27H25FN4O/c1-19(10-11-20-6-3-2-4-7-20)30-27(33)22-8-5-9-24(18-22)31-25-16-17-29-26(32-25)21-12-14-23(28)15-13-21/h2-9,12-19H,10-11H2,1H3,(H,30,33)(H,29,31,32)/t19-/m0/s1. The highest BCUT2D eigenvalue weighted by atomic mass is 19.1. The number of amides is 1. The van der Waals surface area contributed by atoms with Crippen LogP contribution in [0.2, 0.25) is 0 Å². The monoisotopic (exact) mass is 440 g/mol. The molecule has 0 aliphatic rings. The predicted molar refractivity (Wildman–Crippen MR) is 129 cm³/mol. The van der Waals surface area contributed by atoms with Gasteiger partial charge in [-0.2, -0.15) is 0 Å². The smallest absolute Gasteiger partial charge is 0.251 e. The molecule has 0 saturated carbocycles. The van der Waals surface area contributed by atoms with Gasteiger partial charge in [0.05, 0.1) is 0 Å². The minimum Gasteiger partial charge on any atom is -0.350 e. The van der Waals surface area contributed by atoms with Crippen molar-refractivity contribution in [1.82, 2.24) is 15.3 Å². The maximum Gasteiger partial charge on any atom is 0.251 e. The van der Waals surface area contributed by atoms with Gasteiger partial charge in [-0.25, -0.2) is 14.4 Å². The van der Waals surface area contributed by atoms with Crippen molar-refractivity contribution in [2.24, 2.45) is 0 Å². The van der Waals surface area contributed by atoms with Gasteiger partial charge in [0.15, 0.2) is 5.82 Å². The van der Waals surface area contributed by atoms with E-state index in [1.807, 2.05) is 37.3 Å². The molecule has 1 amide bonds. The Hall–Kier alpha value is -4.06. The molecule has 0 aliphatic carbocycles. The summed E-state index contributed by atoms with van der Waals surface area (Å²) in [5, 5.41) is 6.29. The molecule has 4 rings (SSSR count). The summed E-state index contributed by atoms with van der Waals surface area (Å²) in [6, 6.07) is 25.3. The fourth-order valence-electron chi connectivity index (χ4n) is 3.46. The van der Waals surface area contributed by atoms with Crippen LogP contribution in [0.15, 0.2) is 91.1 Å². The van der Waals surface area contributed by atoms with E-state index in [9.17, 15) is 9.18 Å². The van der Waals surface area contributed by atoms with E-state index >= 15 is 0 Å². The minimum atomic E-state index is -0.308. The van der Waals surface area contributed by atoms with E-state index in [0.29, 0.717) is 17.2 Å². The second-order valence-electron chi connectivity index (χ2n) is 7.88. The maximum absolute atomic E-state index is 13.2. The highest BCUT2D eigenvalue weighted by Crippen LogP contribution is 2.20. The van der Waals surface area contributed by atoms with Gasteiger partial charge in [0.2, 0.25) is 0 Å². The molecule has 0 saturated heterocycles. The Bertz CT molecular complexity index is 1210. The maximum atomic E-state index is 13.2. The second kappa shape index (κ2) is 10.5. The number of aryl methyl sites for hydroxylation is 1. The van der Waals surface area contributed by atoms with E-state index in [1.165, 1.54) is 17.7 Å². The van der Waals surface area contributed by atoms with Crippen LogP contribution in [0.3, 0.4) is 0 Å². The van der Waals surface area contributed by atoms with E-state index in [0.717, 1.165) is 24.1 Å². The number of halogens is 1. The molecule has 4 aromatic rings. The van der Waals surface area contributed by atoms with Crippen LogP contribution in [-0.2, 0) is 6.42 Å². The lowest BCUT2D eigenvalue weighted by Gasteiger charge is -2.15. The van der Waals surface area contributed by atoms with E-state index in [2.05, 4.69) is 32.7 Å². The van der Waals surface area contributed by atoms with Crippen LogP contribution >= 0.6 is 0 Å². The van der Waals surface area contributed by atoms with Gasteiger partial charge in [0.1, 0.15) is 11.6 Å². The fraction of sp³-hybridized carbons (Fsp3) is 0.148. The van der Waals surface area contributed by atoms with E-state index < -0.39 is 0 Å². The van der Waals surface area contributed by atoms with Crippen LogP contribution in [0.1, 0.15) is 29.3 Å². The average Bonchev–Trinajstić information content (AvgIpc) is 2.84. The summed E-state index contributed by atoms with van der Waals surface area (Å²) in [6.07, 6.45) is 3.41. The van der Waals surface area contributed by atoms with E-state index in [1.54, 1.807) is 36.5 Å². The van der Waals surface area contributed by atoms with Crippen LogP contribution in [0.25, 0.3) is 11.4 Å². The zero-order valence-electron chi connectivity index (χ0n) is 18.3. The van der Waals surface area contributed by atoms with Gasteiger partial charge in [-0.3, -0.25) is 4.79 Å². The lowest BCUT2D eigenvalue weighted by Crippen LogP contribution is -2.32. The summed E-state index contributed by atoms with van der Waals surface area (Å²) in [5.41, 5.74) is 3.29. The highest BCUT2D eigenvalue weighted by molar-refractivity contribution is 5.95. The van der Waals surface area contributed by atoms with Crippen LogP contribution in [0.4, 0.5) is 15.9 Å². The van der Waals surface area contributed by atoms with Crippen molar-refractivity contribution in [2.75, 3.05) is 5.32 Å². The van der Waals surface area contributed by atoms with Gasteiger partial charge >= 0.3 is 0 Å². The summed E-state index contributed by atoms with van der Waals surface area (Å²) in [4.78, 5) is 21.5. The normalized spacial score (nSPS) is 11.6. The number of benzene rings is 3. The fourth-order valence-corrected chi connectivity index (χ4v) is 3.46. The molecule has 33 heavy (non-hydrogen) atoms. The average molecular weight is 441 g/mol. The first kappa shape index (κ1) is 22.1. The van der Waals surface area contributed by atoms with Gasteiger partial charge in [0, 0.05) is 29.1 Å². The number of nitrogens with one attached hydrogen (secondary N) is 2. The molecular weight excluding hydrogens is 415 g/mol. The number of carbonyl (C=O) groups excluding carboxylic acids is 1. The number of hydrogen-bond acceptors (Lipinski definition) is 4. The molecule has 166 valence electrons. The number of hydrogen-bond donors (Lipinski definition) is 2. The van der Waals surface area contributed by atoms with Crippen LogP contribution in [-0.4, -0.2) is 21.9 Å². The molecule has 1 aromatic heterocycles. The summed E-state index contributed by atoms with van der Waals surface area (Å²) in [6.45, 7) is 2.01. The Morgan fingerprint density at radius 3 is 2.55 bits per heavy atom. The number of carbonyl (C=O) groups is 1. The molecule has 3 aromatic carbocycles. The second-order valence-corrected chi connectivity index (χ2v) is 7.88. The van der Waals surface area contributed by atoms with Crippen molar-refractivity contribution in [1.29, 1.82) is 0 Å². The van der Waals surface area contributed by atoms with Gasteiger partial charge in [-0.05, 0) is 73.9 Å². The topological polar surface area (TPSA) is 66.9 Å². The van der Waals surface area contributed by atoms with E-state index in [-0.39, 0.29) is 17.8 Å². The Morgan fingerprint density at radius 2 is 1.76 bits per heavy atom. The van der Waals surface area contributed by atoms with Crippen molar-refractivity contribution < 1.29 is 9.18 Å². The first-order valence-electron chi connectivity index (χ1n) is 10.9. The third-order valence-electron chi connectivity index (χ3n) is 5.24. The van der Waals surface area contributed by atoms with Crippen molar-refractivity contribution in [3.63, 3.8) is 0 Å². The molecular formula is C27H25FN4O. The summed E-state index contributed by atoms with van der Waals surface area (Å²) in [5.74, 6) is 0.644. The molecule has 1 heterocycles. The summed E-state index contributed by atoms with van der Waals surface area (Å²) in [7, 11) is 0. The molecule has 0 fully saturated rings. The van der Waals surface area contributed by atoms with Gasteiger partial charge < -0.3 is 10.6 Å². The lowest BCUT2D eigenvalue weighted by atomic mass is 10.1. The minimum absolute atomic E-state index is 0.0504.